The standard InChI is InChI=1S/C10H8ClFO4/c1-2-16-10(15)9(14)5-3-4-6(13)7(11)8(5)12/h3-4,13H,2H2,1H3. The first-order valence-corrected chi connectivity index (χ1v) is 4.75. The van der Waals surface area contributed by atoms with Gasteiger partial charge in [-0.25, -0.2) is 9.18 Å². The monoisotopic (exact) mass is 246 g/mol. The Bertz CT molecular complexity index is 445. The van der Waals surface area contributed by atoms with E-state index in [4.69, 9.17) is 16.7 Å². The van der Waals surface area contributed by atoms with Crippen LogP contribution in [0.4, 0.5) is 4.39 Å². The lowest BCUT2D eigenvalue weighted by Crippen LogP contribution is -2.18. The summed E-state index contributed by atoms with van der Waals surface area (Å²) in [5.74, 6) is -3.94. The van der Waals surface area contributed by atoms with Crippen molar-refractivity contribution in [3.05, 3.63) is 28.5 Å². The van der Waals surface area contributed by atoms with Crippen molar-refractivity contribution >= 4 is 23.4 Å². The second-order valence-corrected chi connectivity index (χ2v) is 3.19. The molecule has 0 heterocycles. The van der Waals surface area contributed by atoms with Crippen molar-refractivity contribution in [2.24, 2.45) is 0 Å². The van der Waals surface area contributed by atoms with Crippen molar-refractivity contribution in [3.63, 3.8) is 0 Å². The highest BCUT2D eigenvalue weighted by Crippen LogP contribution is 2.28. The summed E-state index contributed by atoms with van der Waals surface area (Å²) in [7, 11) is 0. The van der Waals surface area contributed by atoms with Crippen molar-refractivity contribution < 1.29 is 23.8 Å². The Labute approximate surface area is 95.6 Å². The molecule has 0 aliphatic heterocycles. The molecule has 16 heavy (non-hydrogen) atoms. The van der Waals surface area contributed by atoms with E-state index in [0.717, 1.165) is 12.1 Å². The van der Waals surface area contributed by atoms with E-state index in [-0.39, 0.29) is 6.61 Å². The molecule has 4 nitrogen and oxygen atoms in total. The number of carbonyl (C=O) groups is 2. The molecule has 0 saturated carbocycles. The fourth-order valence-corrected chi connectivity index (χ4v) is 1.19. The summed E-state index contributed by atoms with van der Waals surface area (Å²) in [6.07, 6.45) is 0. The van der Waals surface area contributed by atoms with Crippen LogP contribution in [-0.4, -0.2) is 23.5 Å². The van der Waals surface area contributed by atoms with Gasteiger partial charge in [0.1, 0.15) is 10.8 Å². The van der Waals surface area contributed by atoms with Crippen LogP contribution in [0.1, 0.15) is 17.3 Å². The molecule has 0 radical (unpaired) electrons. The average molecular weight is 247 g/mol. The van der Waals surface area contributed by atoms with Gasteiger partial charge in [-0.05, 0) is 19.1 Å². The number of phenols is 1. The quantitative estimate of drug-likeness (QED) is 0.503. The van der Waals surface area contributed by atoms with Crippen molar-refractivity contribution in [3.8, 4) is 5.75 Å². The SMILES string of the molecule is CCOC(=O)C(=O)c1ccc(O)c(Cl)c1F. The number of hydrogen-bond acceptors (Lipinski definition) is 4. The Morgan fingerprint density at radius 1 is 1.50 bits per heavy atom. The first kappa shape index (κ1) is 12.4. The van der Waals surface area contributed by atoms with Crippen LogP contribution in [-0.2, 0) is 9.53 Å². The molecule has 6 heteroatoms. The number of ketones is 1. The first-order valence-electron chi connectivity index (χ1n) is 4.37. The maximum absolute atomic E-state index is 13.4. The fraction of sp³-hybridized carbons (Fsp3) is 0.200. The number of benzene rings is 1. The Kier molecular flexibility index (Phi) is 3.84. The van der Waals surface area contributed by atoms with Gasteiger partial charge in [0.05, 0.1) is 12.2 Å². The number of carbonyl (C=O) groups excluding carboxylic acids is 2. The van der Waals surface area contributed by atoms with Gasteiger partial charge in [0.2, 0.25) is 0 Å². The third-order valence-corrected chi connectivity index (χ3v) is 2.13. The lowest BCUT2D eigenvalue weighted by molar-refractivity contribution is -0.137. The zero-order valence-corrected chi connectivity index (χ0v) is 9.05. The van der Waals surface area contributed by atoms with Gasteiger partial charge in [0.25, 0.3) is 5.78 Å². The van der Waals surface area contributed by atoms with Crippen molar-refractivity contribution in [2.75, 3.05) is 6.61 Å². The Balaban J connectivity index is 3.10. The minimum atomic E-state index is -1.16. The summed E-state index contributed by atoms with van der Waals surface area (Å²) in [5, 5.41) is 8.45. The van der Waals surface area contributed by atoms with E-state index in [1.54, 1.807) is 0 Å². The molecule has 0 unspecified atom stereocenters. The second kappa shape index (κ2) is 4.94. The number of Topliss-reactive ketones (excluding diaryl/α,β-unsaturated/α-hetero) is 1. The number of hydrogen-bond donors (Lipinski definition) is 1. The zero-order chi connectivity index (χ0) is 12.3. The second-order valence-electron chi connectivity index (χ2n) is 2.81. The molecule has 0 fully saturated rings. The van der Waals surface area contributed by atoms with E-state index >= 15 is 0 Å². The van der Waals surface area contributed by atoms with Crippen LogP contribution < -0.4 is 0 Å². The Morgan fingerprint density at radius 2 is 2.12 bits per heavy atom. The van der Waals surface area contributed by atoms with Gasteiger partial charge in [-0.15, -0.1) is 0 Å². The van der Waals surface area contributed by atoms with Gasteiger partial charge in [-0.3, -0.25) is 4.79 Å². The average Bonchev–Trinajstić information content (AvgIpc) is 2.26. The number of rotatable bonds is 3. The van der Waals surface area contributed by atoms with Gasteiger partial charge in [0, 0.05) is 0 Å². The molecule has 1 aromatic rings. The minimum Gasteiger partial charge on any atom is -0.506 e. The van der Waals surface area contributed by atoms with Gasteiger partial charge in [0.15, 0.2) is 5.82 Å². The molecule has 86 valence electrons. The van der Waals surface area contributed by atoms with Crippen LogP contribution in [0.15, 0.2) is 12.1 Å². The van der Waals surface area contributed by atoms with E-state index in [2.05, 4.69) is 4.74 Å². The normalized spacial score (nSPS) is 9.94. The summed E-state index contributed by atoms with van der Waals surface area (Å²) in [5.41, 5.74) is -0.527. The Morgan fingerprint density at radius 3 is 2.69 bits per heavy atom. The summed E-state index contributed by atoms with van der Waals surface area (Å²) in [6.45, 7) is 1.53. The van der Waals surface area contributed by atoms with Crippen LogP contribution in [0.3, 0.4) is 0 Å². The predicted molar refractivity (Wildman–Crippen MR) is 54.0 cm³/mol. The molecule has 0 saturated heterocycles. The fourth-order valence-electron chi connectivity index (χ4n) is 1.02. The lowest BCUT2D eigenvalue weighted by atomic mass is 10.1. The zero-order valence-electron chi connectivity index (χ0n) is 8.29. The highest BCUT2D eigenvalue weighted by Gasteiger charge is 2.23. The summed E-state index contributed by atoms with van der Waals surface area (Å²) in [4.78, 5) is 22.4. The van der Waals surface area contributed by atoms with Crippen LogP contribution in [0, 0.1) is 5.82 Å². The molecule has 0 spiro atoms. The molecule has 0 aromatic heterocycles. The van der Waals surface area contributed by atoms with E-state index in [9.17, 15) is 14.0 Å². The summed E-state index contributed by atoms with van der Waals surface area (Å²) < 4.78 is 17.8. The van der Waals surface area contributed by atoms with E-state index in [1.807, 2.05) is 0 Å². The molecule has 1 aromatic carbocycles. The van der Waals surface area contributed by atoms with Crippen LogP contribution in [0.2, 0.25) is 5.02 Å². The van der Waals surface area contributed by atoms with Crippen molar-refractivity contribution in [2.45, 2.75) is 6.92 Å². The van der Waals surface area contributed by atoms with Gasteiger partial charge in [-0.1, -0.05) is 11.6 Å². The molecule has 0 amide bonds. The number of phenolic OH excluding ortho intramolecular Hbond substituents is 1. The number of halogens is 2. The highest BCUT2D eigenvalue weighted by atomic mass is 35.5. The molecule has 0 bridgehead atoms. The topological polar surface area (TPSA) is 63.6 Å². The molecular weight excluding hydrogens is 239 g/mol. The molecule has 0 aliphatic carbocycles. The number of ether oxygens (including phenoxy) is 1. The van der Waals surface area contributed by atoms with Gasteiger partial charge < -0.3 is 9.84 Å². The molecular formula is C10H8ClFO4. The predicted octanol–water partition coefficient (Wildman–Crippen LogP) is 1.93. The molecule has 1 N–H and O–H groups in total. The van der Waals surface area contributed by atoms with Crippen molar-refractivity contribution in [1.82, 2.24) is 0 Å². The molecule has 0 atom stereocenters. The third kappa shape index (κ3) is 2.30. The summed E-state index contributed by atoms with van der Waals surface area (Å²) >= 11 is 5.38. The lowest BCUT2D eigenvalue weighted by Gasteiger charge is -2.04. The van der Waals surface area contributed by atoms with Crippen LogP contribution in [0.5, 0.6) is 5.75 Å². The van der Waals surface area contributed by atoms with Crippen LogP contribution in [0.25, 0.3) is 0 Å². The maximum atomic E-state index is 13.4. The van der Waals surface area contributed by atoms with E-state index in [0.29, 0.717) is 0 Å². The largest absolute Gasteiger partial charge is 0.506 e. The Hall–Kier alpha value is -1.62. The van der Waals surface area contributed by atoms with Crippen molar-refractivity contribution in [1.29, 1.82) is 0 Å². The van der Waals surface area contributed by atoms with E-state index < -0.39 is 33.9 Å². The highest BCUT2D eigenvalue weighted by molar-refractivity contribution is 6.41. The third-order valence-electron chi connectivity index (χ3n) is 1.77. The smallest absolute Gasteiger partial charge is 0.379 e. The molecule has 1 rings (SSSR count). The molecule has 0 aliphatic rings. The number of aromatic hydroxyl groups is 1. The van der Waals surface area contributed by atoms with E-state index in [1.165, 1.54) is 6.92 Å². The van der Waals surface area contributed by atoms with Gasteiger partial charge in [-0.2, -0.15) is 0 Å². The first-order chi connectivity index (χ1) is 7.49. The number of esters is 1. The maximum Gasteiger partial charge on any atom is 0.379 e. The summed E-state index contributed by atoms with van der Waals surface area (Å²) in [6, 6.07) is 1.99. The van der Waals surface area contributed by atoms with Crippen LogP contribution >= 0.6 is 11.6 Å². The minimum absolute atomic E-state index is 0.0119. The van der Waals surface area contributed by atoms with Gasteiger partial charge >= 0.3 is 5.97 Å².